The first-order valence-electron chi connectivity index (χ1n) is 6.16. The van der Waals surface area contributed by atoms with Gasteiger partial charge in [-0.3, -0.25) is 0 Å². The summed E-state index contributed by atoms with van der Waals surface area (Å²) in [6.45, 7) is 4.42. The molecule has 1 aromatic carbocycles. The fraction of sp³-hybridized carbons (Fsp3) is 0.571. The summed E-state index contributed by atoms with van der Waals surface area (Å²) < 4.78 is 0. The molecule has 0 spiro atoms. The van der Waals surface area contributed by atoms with E-state index in [1.165, 1.54) is 30.5 Å². The van der Waals surface area contributed by atoms with Gasteiger partial charge in [0.15, 0.2) is 0 Å². The Labute approximate surface area is 99.7 Å². The predicted molar refractivity (Wildman–Crippen MR) is 72.2 cm³/mol. The highest BCUT2D eigenvalue weighted by Crippen LogP contribution is 2.14. The van der Waals surface area contributed by atoms with Crippen LogP contribution in [-0.2, 0) is 0 Å². The average Bonchev–Trinajstić information content (AvgIpc) is 2.28. The number of unbranched alkanes of at least 4 members (excludes halogenated alkanes) is 2. The predicted octanol–water partition coefficient (Wildman–Crippen LogP) is 2.82. The molecule has 0 fully saturated rings. The molecule has 0 radical (unpaired) electrons. The van der Waals surface area contributed by atoms with Crippen molar-refractivity contribution in [3.05, 3.63) is 29.8 Å². The minimum Gasteiger partial charge on any atom is -0.375 e. The Bertz CT molecular complexity index is 297. The van der Waals surface area contributed by atoms with Crippen LogP contribution in [0.5, 0.6) is 0 Å². The van der Waals surface area contributed by atoms with Crippen molar-refractivity contribution in [1.29, 1.82) is 0 Å². The maximum atomic E-state index is 3.18. The van der Waals surface area contributed by atoms with Gasteiger partial charge >= 0.3 is 0 Å². The van der Waals surface area contributed by atoms with Crippen LogP contribution in [0, 0.1) is 6.92 Å². The Kier molecular flexibility index (Phi) is 5.94. The summed E-state index contributed by atoms with van der Waals surface area (Å²) in [5.41, 5.74) is 2.66. The van der Waals surface area contributed by atoms with E-state index in [1.807, 2.05) is 7.05 Å². The molecule has 0 atom stereocenters. The SMILES string of the molecule is CNCCCCCN(C)c1cccc(C)c1. The third kappa shape index (κ3) is 4.67. The van der Waals surface area contributed by atoms with Crippen LogP contribution in [0.2, 0.25) is 0 Å². The standard InChI is InChI=1S/C14H24N2/c1-13-8-7-9-14(12-13)16(3)11-6-4-5-10-15-2/h7-9,12,15H,4-6,10-11H2,1-3H3. The summed E-state index contributed by atoms with van der Waals surface area (Å²) in [5.74, 6) is 0. The lowest BCUT2D eigenvalue weighted by atomic mass is 10.2. The number of benzene rings is 1. The first kappa shape index (κ1) is 13.0. The largest absolute Gasteiger partial charge is 0.375 e. The van der Waals surface area contributed by atoms with E-state index < -0.39 is 0 Å². The van der Waals surface area contributed by atoms with E-state index >= 15 is 0 Å². The number of nitrogens with zero attached hydrogens (tertiary/aromatic N) is 1. The molecule has 0 bridgehead atoms. The normalized spacial score (nSPS) is 10.4. The first-order valence-corrected chi connectivity index (χ1v) is 6.16. The molecular weight excluding hydrogens is 196 g/mol. The van der Waals surface area contributed by atoms with Gasteiger partial charge in [-0.25, -0.2) is 0 Å². The number of hydrogen-bond acceptors (Lipinski definition) is 2. The van der Waals surface area contributed by atoms with Crippen molar-refractivity contribution in [3.8, 4) is 0 Å². The number of rotatable bonds is 7. The number of aryl methyl sites for hydroxylation is 1. The van der Waals surface area contributed by atoms with E-state index in [0.29, 0.717) is 0 Å². The minimum atomic E-state index is 1.13. The molecule has 0 unspecified atom stereocenters. The van der Waals surface area contributed by atoms with Crippen LogP contribution in [0.1, 0.15) is 24.8 Å². The highest BCUT2D eigenvalue weighted by atomic mass is 15.1. The van der Waals surface area contributed by atoms with Gasteiger partial charge in [-0.05, 0) is 51.1 Å². The van der Waals surface area contributed by atoms with Gasteiger partial charge in [-0.2, -0.15) is 0 Å². The average molecular weight is 220 g/mol. The number of hydrogen-bond donors (Lipinski definition) is 1. The highest BCUT2D eigenvalue weighted by molar-refractivity contribution is 5.47. The second-order valence-electron chi connectivity index (χ2n) is 4.42. The molecule has 0 saturated carbocycles. The van der Waals surface area contributed by atoms with Gasteiger partial charge in [0.2, 0.25) is 0 Å². The zero-order chi connectivity index (χ0) is 11.8. The molecule has 0 aromatic heterocycles. The highest BCUT2D eigenvalue weighted by Gasteiger charge is 1.99. The van der Waals surface area contributed by atoms with Gasteiger partial charge in [0.1, 0.15) is 0 Å². The maximum absolute atomic E-state index is 3.18. The van der Waals surface area contributed by atoms with Crippen molar-refractivity contribution in [1.82, 2.24) is 5.32 Å². The van der Waals surface area contributed by atoms with Gasteiger partial charge in [0.05, 0.1) is 0 Å². The van der Waals surface area contributed by atoms with E-state index in [0.717, 1.165) is 13.1 Å². The molecule has 16 heavy (non-hydrogen) atoms. The molecule has 0 saturated heterocycles. The molecule has 1 aromatic rings. The Hall–Kier alpha value is -1.02. The molecule has 0 aliphatic heterocycles. The van der Waals surface area contributed by atoms with E-state index in [1.54, 1.807) is 0 Å². The summed E-state index contributed by atoms with van der Waals surface area (Å²) in [7, 11) is 4.19. The van der Waals surface area contributed by atoms with Gasteiger partial charge in [-0.15, -0.1) is 0 Å². The van der Waals surface area contributed by atoms with Gasteiger partial charge < -0.3 is 10.2 Å². The minimum absolute atomic E-state index is 1.13. The van der Waals surface area contributed by atoms with Crippen molar-refractivity contribution in [2.45, 2.75) is 26.2 Å². The van der Waals surface area contributed by atoms with Crippen molar-refractivity contribution in [2.24, 2.45) is 0 Å². The van der Waals surface area contributed by atoms with Crippen molar-refractivity contribution in [3.63, 3.8) is 0 Å². The fourth-order valence-corrected chi connectivity index (χ4v) is 1.82. The van der Waals surface area contributed by atoms with Crippen LogP contribution < -0.4 is 10.2 Å². The zero-order valence-electron chi connectivity index (χ0n) is 10.8. The van der Waals surface area contributed by atoms with Gasteiger partial charge in [0.25, 0.3) is 0 Å². The van der Waals surface area contributed by atoms with Crippen LogP contribution in [0.3, 0.4) is 0 Å². The number of anilines is 1. The van der Waals surface area contributed by atoms with Crippen LogP contribution in [0.15, 0.2) is 24.3 Å². The fourth-order valence-electron chi connectivity index (χ4n) is 1.82. The van der Waals surface area contributed by atoms with Gasteiger partial charge in [-0.1, -0.05) is 18.6 Å². The van der Waals surface area contributed by atoms with E-state index in [-0.39, 0.29) is 0 Å². The summed E-state index contributed by atoms with van der Waals surface area (Å²) >= 11 is 0. The molecule has 2 nitrogen and oxygen atoms in total. The quantitative estimate of drug-likeness (QED) is 0.711. The third-order valence-electron chi connectivity index (χ3n) is 2.86. The van der Waals surface area contributed by atoms with Gasteiger partial charge in [0, 0.05) is 19.3 Å². The lowest BCUT2D eigenvalue weighted by Crippen LogP contribution is -2.18. The van der Waals surface area contributed by atoms with Crippen LogP contribution >= 0.6 is 0 Å². The van der Waals surface area contributed by atoms with Crippen molar-refractivity contribution < 1.29 is 0 Å². The lowest BCUT2D eigenvalue weighted by molar-refractivity contribution is 0.639. The zero-order valence-corrected chi connectivity index (χ0v) is 10.8. The summed E-state index contributed by atoms with van der Waals surface area (Å²) in [6.07, 6.45) is 3.85. The summed E-state index contributed by atoms with van der Waals surface area (Å²) in [5, 5.41) is 3.18. The Morgan fingerprint density at radius 1 is 1.19 bits per heavy atom. The van der Waals surface area contributed by atoms with Crippen LogP contribution in [0.25, 0.3) is 0 Å². The van der Waals surface area contributed by atoms with E-state index in [4.69, 9.17) is 0 Å². The second kappa shape index (κ2) is 7.29. The Morgan fingerprint density at radius 3 is 2.69 bits per heavy atom. The smallest absolute Gasteiger partial charge is 0.0366 e. The summed E-state index contributed by atoms with van der Waals surface area (Å²) in [4.78, 5) is 2.34. The molecule has 0 aliphatic rings. The summed E-state index contributed by atoms with van der Waals surface area (Å²) in [6, 6.07) is 8.70. The Balaban J connectivity index is 2.27. The second-order valence-corrected chi connectivity index (χ2v) is 4.42. The molecule has 90 valence electrons. The topological polar surface area (TPSA) is 15.3 Å². The van der Waals surface area contributed by atoms with E-state index in [9.17, 15) is 0 Å². The molecular formula is C14H24N2. The monoisotopic (exact) mass is 220 g/mol. The van der Waals surface area contributed by atoms with Crippen molar-refractivity contribution in [2.75, 3.05) is 32.1 Å². The molecule has 1 N–H and O–H groups in total. The molecule has 1 rings (SSSR count). The third-order valence-corrected chi connectivity index (χ3v) is 2.86. The maximum Gasteiger partial charge on any atom is 0.0366 e. The Morgan fingerprint density at radius 2 is 2.00 bits per heavy atom. The van der Waals surface area contributed by atoms with E-state index in [2.05, 4.69) is 48.5 Å². The molecule has 0 amide bonds. The first-order chi connectivity index (χ1) is 7.74. The lowest BCUT2D eigenvalue weighted by Gasteiger charge is -2.19. The van der Waals surface area contributed by atoms with Crippen LogP contribution in [0.4, 0.5) is 5.69 Å². The molecule has 0 heterocycles. The number of nitrogens with one attached hydrogen (secondary N) is 1. The van der Waals surface area contributed by atoms with Crippen LogP contribution in [-0.4, -0.2) is 27.2 Å². The van der Waals surface area contributed by atoms with Crippen molar-refractivity contribution >= 4 is 5.69 Å². The molecule has 0 aliphatic carbocycles. The molecule has 2 heteroatoms.